The van der Waals surface area contributed by atoms with Crippen LogP contribution in [0.3, 0.4) is 0 Å². The van der Waals surface area contributed by atoms with E-state index >= 15 is 0 Å². The van der Waals surface area contributed by atoms with Crippen LogP contribution >= 0.6 is 43.6 Å². The van der Waals surface area contributed by atoms with E-state index in [0.717, 1.165) is 25.7 Å². The maximum absolute atomic E-state index is 11.3. The van der Waals surface area contributed by atoms with Crippen LogP contribution in [0.2, 0.25) is 0 Å². The van der Waals surface area contributed by atoms with Crippen molar-refractivity contribution in [2.75, 3.05) is 0 Å². The molecule has 0 N–H and O–H groups in total. The Labute approximate surface area is 127 Å². The lowest BCUT2D eigenvalue weighted by atomic mass is 10.2. The van der Waals surface area contributed by atoms with Gasteiger partial charge in [0.15, 0.2) is 0 Å². The van der Waals surface area contributed by atoms with Crippen LogP contribution in [0.5, 0.6) is 0 Å². The van der Waals surface area contributed by atoms with Crippen LogP contribution in [0.25, 0.3) is 0 Å². The minimum absolute atomic E-state index is 0.193. The van der Waals surface area contributed by atoms with Crippen molar-refractivity contribution in [3.8, 4) is 0 Å². The molecule has 0 amide bonds. The van der Waals surface area contributed by atoms with E-state index in [1.807, 2.05) is 48.5 Å². The van der Waals surface area contributed by atoms with Gasteiger partial charge in [-0.25, -0.2) is 0 Å². The van der Waals surface area contributed by atoms with E-state index in [1.165, 1.54) is 0 Å². The first-order valence-electron chi connectivity index (χ1n) is 5.32. The van der Waals surface area contributed by atoms with Crippen LogP contribution in [0.1, 0.15) is 10.8 Å². The predicted octanol–water partition coefficient (Wildman–Crippen LogP) is 5.24. The van der Waals surface area contributed by atoms with Gasteiger partial charge in [-0.15, -0.1) is 11.8 Å². The number of halogens is 2. The van der Waals surface area contributed by atoms with Gasteiger partial charge in [0.2, 0.25) is 0 Å². The van der Waals surface area contributed by atoms with E-state index in [9.17, 15) is 4.79 Å². The Balaban J connectivity index is 2.22. The highest BCUT2D eigenvalue weighted by molar-refractivity contribution is 9.10. The van der Waals surface area contributed by atoms with Crippen molar-refractivity contribution < 1.29 is 4.79 Å². The summed E-state index contributed by atoms with van der Waals surface area (Å²) in [6.07, 6.45) is 0.979. The average Bonchev–Trinajstić information content (AvgIpc) is 2.39. The Morgan fingerprint density at radius 2 is 1.67 bits per heavy atom. The van der Waals surface area contributed by atoms with E-state index in [2.05, 4.69) is 31.9 Å². The van der Waals surface area contributed by atoms with Gasteiger partial charge in [0.1, 0.15) is 6.29 Å². The van der Waals surface area contributed by atoms with Crippen molar-refractivity contribution in [1.29, 1.82) is 0 Å². The second-order valence-electron chi connectivity index (χ2n) is 3.65. The van der Waals surface area contributed by atoms with E-state index in [-0.39, 0.29) is 5.25 Å². The Morgan fingerprint density at radius 3 is 2.28 bits per heavy atom. The summed E-state index contributed by atoms with van der Waals surface area (Å²) in [7, 11) is 0. The van der Waals surface area contributed by atoms with Crippen molar-refractivity contribution in [3.63, 3.8) is 0 Å². The van der Waals surface area contributed by atoms with Gasteiger partial charge in [-0.05, 0) is 35.9 Å². The number of benzene rings is 2. The molecule has 0 radical (unpaired) electrons. The fourth-order valence-electron chi connectivity index (χ4n) is 1.53. The molecule has 18 heavy (non-hydrogen) atoms. The zero-order chi connectivity index (χ0) is 13.0. The fraction of sp³-hybridized carbons (Fsp3) is 0.0714. The summed E-state index contributed by atoms with van der Waals surface area (Å²) in [4.78, 5) is 12.4. The van der Waals surface area contributed by atoms with Gasteiger partial charge >= 0.3 is 0 Å². The minimum Gasteiger partial charge on any atom is -0.302 e. The van der Waals surface area contributed by atoms with Gasteiger partial charge in [-0.3, -0.25) is 0 Å². The Kier molecular flexibility index (Phi) is 5.03. The zero-order valence-corrected chi connectivity index (χ0v) is 13.3. The fourth-order valence-corrected chi connectivity index (χ4v) is 3.45. The molecule has 0 aromatic heterocycles. The first-order chi connectivity index (χ1) is 8.70. The van der Waals surface area contributed by atoms with Crippen LogP contribution in [0, 0.1) is 0 Å². The van der Waals surface area contributed by atoms with E-state index in [4.69, 9.17) is 0 Å². The summed E-state index contributed by atoms with van der Waals surface area (Å²) in [6, 6.07) is 15.8. The molecule has 0 heterocycles. The standard InChI is InChI=1S/C14H10Br2OS/c15-10-5-7-11(8-6-10)18-14(9-17)12-3-1-2-4-13(12)16/h1-9,14H. The molecular weight excluding hydrogens is 376 g/mol. The first kappa shape index (κ1) is 13.8. The Hall–Kier alpha value is -0.580. The van der Waals surface area contributed by atoms with Crippen LogP contribution in [0.4, 0.5) is 0 Å². The van der Waals surface area contributed by atoms with Gasteiger partial charge in [0, 0.05) is 13.8 Å². The number of carbonyl (C=O) groups excluding carboxylic acids is 1. The number of carbonyl (C=O) groups is 1. The lowest BCUT2D eigenvalue weighted by Gasteiger charge is -2.12. The molecule has 2 aromatic rings. The molecule has 0 bridgehead atoms. The molecular formula is C14H10Br2OS. The highest BCUT2D eigenvalue weighted by Crippen LogP contribution is 2.37. The van der Waals surface area contributed by atoms with Crippen molar-refractivity contribution in [1.82, 2.24) is 0 Å². The van der Waals surface area contributed by atoms with Crippen molar-refractivity contribution in [3.05, 3.63) is 63.0 Å². The summed E-state index contributed by atoms with van der Waals surface area (Å²) >= 11 is 8.43. The normalized spacial score (nSPS) is 12.1. The molecule has 92 valence electrons. The number of hydrogen-bond donors (Lipinski definition) is 0. The van der Waals surface area contributed by atoms with Crippen molar-refractivity contribution >= 4 is 49.9 Å². The van der Waals surface area contributed by atoms with Gasteiger partial charge in [-0.1, -0.05) is 50.1 Å². The summed E-state index contributed by atoms with van der Waals surface area (Å²) in [5.41, 5.74) is 1.00. The number of thioether (sulfide) groups is 1. The van der Waals surface area contributed by atoms with Gasteiger partial charge in [0.25, 0.3) is 0 Å². The molecule has 0 saturated heterocycles. The molecule has 0 aliphatic rings. The SMILES string of the molecule is O=CC(Sc1ccc(Br)cc1)c1ccccc1Br. The largest absolute Gasteiger partial charge is 0.302 e. The van der Waals surface area contributed by atoms with E-state index < -0.39 is 0 Å². The second-order valence-corrected chi connectivity index (χ2v) is 6.63. The summed E-state index contributed by atoms with van der Waals surface area (Å²) in [5, 5.41) is -0.193. The third-order valence-corrected chi connectivity index (χ3v) is 4.83. The molecule has 1 atom stereocenters. The van der Waals surface area contributed by atoms with E-state index in [1.54, 1.807) is 11.8 Å². The molecule has 1 unspecified atom stereocenters. The van der Waals surface area contributed by atoms with Gasteiger partial charge in [0.05, 0.1) is 5.25 Å². The molecule has 0 aliphatic carbocycles. The molecule has 0 aliphatic heterocycles. The smallest absolute Gasteiger partial charge is 0.137 e. The Morgan fingerprint density at radius 1 is 1.00 bits per heavy atom. The van der Waals surface area contributed by atoms with E-state index in [0.29, 0.717) is 0 Å². The second kappa shape index (κ2) is 6.55. The van der Waals surface area contributed by atoms with Crippen LogP contribution in [-0.2, 0) is 4.79 Å². The molecule has 0 saturated carbocycles. The molecule has 0 fully saturated rings. The summed E-state index contributed by atoms with van der Waals surface area (Å²) < 4.78 is 2.00. The number of hydrogen-bond acceptors (Lipinski definition) is 2. The quantitative estimate of drug-likeness (QED) is 0.528. The van der Waals surface area contributed by atoms with Gasteiger partial charge in [-0.2, -0.15) is 0 Å². The predicted molar refractivity (Wildman–Crippen MR) is 82.9 cm³/mol. The molecule has 1 nitrogen and oxygen atoms in total. The van der Waals surface area contributed by atoms with Crippen LogP contribution in [0.15, 0.2) is 62.4 Å². The monoisotopic (exact) mass is 384 g/mol. The maximum atomic E-state index is 11.3. The van der Waals surface area contributed by atoms with Crippen LogP contribution in [-0.4, -0.2) is 6.29 Å². The Bertz CT molecular complexity index is 540. The third kappa shape index (κ3) is 3.46. The highest BCUT2D eigenvalue weighted by atomic mass is 79.9. The molecule has 0 spiro atoms. The van der Waals surface area contributed by atoms with Gasteiger partial charge < -0.3 is 4.79 Å². The van der Waals surface area contributed by atoms with Crippen LogP contribution < -0.4 is 0 Å². The maximum Gasteiger partial charge on any atom is 0.137 e. The first-order valence-corrected chi connectivity index (χ1v) is 7.79. The number of rotatable bonds is 4. The summed E-state index contributed by atoms with van der Waals surface area (Å²) in [6.45, 7) is 0. The highest BCUT2D eigenvalue weighted by Gasteiger charge is 2.14. The molecule has 4 heteroatoms. The lowest BCUT2D eigenvalue weighted by molar-refractivity contribution is -0.107. The summed E-state index contributed by atoms with van der Waals surface area (Å²) in [5.74, 6) is 0. The molecule has 2 aromatic carbocycles. The topological polar surface area (TPSA) is 17.1 Å². The minimum atomic E-state index is -0.193. The number of aldehydes is 1. The lowest BCUT2D eigenvalue weighted by Crippen LogP contribution is -1.96. The van der Waals surface area contributed by atoms with Crippen molar-refractivity contribution in [2.45, 2.75) is 10.1 Å². The van der Waals surface area contributed by atoms with Crippen molar-refractivity contribution in [2.24, 2.45) is 0 Å². The zero-order valence-electron chi connectivity index (χ0n) is 9.35. The average molecular weight is 386 g/mol. The molecule has 2 rings (SSSR count). The third-order valence-electron chi connectivity index (χ3n) is 2.41.